The van der Waals surface area contributed by atoms with Gasteiger partial charge in [0.1, 0.15) is 11.7 Å². The average molecular weight is 321 g/mol. The third kappa shape index (κ3) is 7.15. The van der Waals surface area contributed by atoms with Crippen LogP contribution in [0.5, 0.6) is 5.75 Å². The number of phenols is 1. The molecule has 1 aromatic carbocycles. The minimum atomic E-state index is -1.04. The van der Waals surface area contributed by atoms with Crippen molar-refractivity contribution in [2.45, 2.75) is 38.7 Å². The number of carbonyl (C=O) groups excluding carboxylic acids is 2. The fourth-order valence-electron chi connectivity index (χ4n) is 2.11. The summed E-state index contributed by atoms with van der Waals surface area (Å²) < 4.78 is 0. The molecule has 2 amide bonds. The van der Waals surface area contributed by atoms with Gasteiger partial charge in [0.15, 0.2) is 0 Å². The number of carbonyl (C=O) groups is 2. The van der Waals surface area contributed by atoms with Crippen molar-refractivity contribution in [3.8, 4) is 5.75 Å². The van der Waals surface area contributed by atoms with E-state index in [0.717, 1.165) is 18.4 Å². The summed E-state index contributed by atoms with van der Waals surface area (Å²) in [7, 11) is 0. The lowest BCUT2D eigenvalue weighted by Gasteiger charge is -2.17. The Kier molecular flexibility index (Phi) is 8.11. The van der Waals surface area contributed by atoms with Crippen molar-refractivity contribution < 1.29 is 19.8 Å². The molecule has 0 unspecified atom stereocenters. The van der Waals surface area contributed by atoms with Crippen LogP contribution in [0.2, 0.25) is 0 Å². The number of aliphatic hydroxyl groups is 1. The number of nitrogens with two attached hydrogens (primary N) is 1. The van der Waals surface area contributed by atoms with E-state index in [-0.39, 0.29) is 12.2 Å². The van der Waals surface area contributed by atoms with Crippen molar-refractivity contribution in [2.75, 3.05) is 6.54 Å². The number of hydrogen-bond acceptors (Lipinski definition) is 4. The standard InChI is InChI=1S/C17H25N2O4/c1-2-3-10-19-17(23)15(16(18)22)11-14(21)9-6-12-4-7-13(20)8-5-12/h4-5,7-9,14-15,20-21H,2-3,6,10-11H2,1H3,(H2,18,22)(H,19,23)/t14-,15+/m0/s1. The van der Waals surface area contributed by atoms with E-state index in [1.165, 1.54) is 0 Å². The number of aromatic hydroxyl groups is 1. The van der Waals surface area contributed by atoms with Gasteiger partial charge in [-0.3, -0.25) is 9.59 Å². The molecule has 0 bridgehead atoms. The molecule has 0 fully saturated rings. The number of hydrogen-bond donors (Lipinski definition) is 4. The van der Waals surface area contributed by atoms with Crippen molar-refractivity contribution in [3.05, 3.63) is 36.2 Å². The van der Waals surface area contributed by atoms with Crippen LogP contribution in [0.1, 0.15) is 31.7 Å². The van der Waals surface area contributed by atoms with Crippen molar-refractivity contribution in [1.29, 1.82) is 0 Å². The highest BCUT2D eigenvalue weighted by atomic mass is 16.3. The molecule has 0 heterocycles. The molecule has 0 aliphatic heterocycles. The highest BCUT2D eigenvalue weighted by Gasteiger charge is 2.26. The van der Waals surface area contributed by atoms with Gasteiger partial charge in [0.25, 0.3) is 0 Å². The Hall–Kier alpha value is -2.08. The summed E-state index contributed by atoms with van der Waals surface area (Å²) in [5.41, 5.74) is 6.17. The van der Waals surface area contributed by atoms with Crippen LogP contribution in [-0.2, 0) is 16.0 Å². The maximum atomic E-state index is 11.9. The summed E-state index contributed by atoms with van der Waals surface area (Å²) in [6.45, 7) is 2.49. The number of benzene rings is 1. The number of primary amides is 1. The van der Waals surface area contributed by atoms with E-state index in [1.807, 2.05) is 6.92 Å². The van der Waals surface area contributed by atoms with E-state index in [2.05, 4.69) is 5.32 Å². The molecule has 0 saturated heterocycles. The van der Waals surface area contributed by atoms with Gasteiger partial charge in [-0.05, 0) is 43.4 Å². The molecule has 0 saturated carbocycles. The van der Waals surface area contributed by atoms with E-state index >= 15 is 0 Å². The number of unbranched alkanes of at least 4 members (excludes halogenated alkanes) is 1. The van der Waals surface area contributed by atoms with Crippen LogP contribution in [0.4, 0.5) is 0 Å². The van der Waals surface area contributed by atoms with Gasteiger partial charge in [0, 0.05) is 6.54 Å². The zero-order valence-corrected chi connectivity index (χ0v) is 13.4. The van der Waals surface area contributed by atoms with Gasteiger partial charge in [-0.2, -0.15) is 0 Å². The van der Waals surface area contributed by atoms with Crippen LogP contribution in [0, 0.1) is 12.3 Å². The van der Waals surface area contributed by atoms with Crippen molar-refractivity contribution in [3.63, 3.8) is 0 Å². The molecule has 0 aliphatic carbocycles. The molecule has 1 rings (SSSR count). The number of nitrogens with one attached hydrogen (secondary N) is 1. The van der Waals surface area contributed by atoms with Crippen LogP contribution in [0.25, 0.3) is 0 Å². The molecule has 1 aromatic rings. The largest absolute Gasteiger partial charge is 0.508 e. The highest BCUT2D eigenvalue weighted by molar-refractivity contribution is 5.99. The first-order valence-electron chi connectivity index (χ1n) is 7.80. The van der Waals surface area contributed by atoms with Crippen molar-refractivity contribution >= 4 is 11.8 Å². The minimum absolute atomic E-state index is 0.0363. The number of phenolic OH excluding ortho intramolecular Hbond substituents is 1. The first-order chi connectivity index (χ1) is 10.9. The van der Waals surface area contributed by atoms with Gasteiger partial charge in [-0.15, -0.1) is 0 Å². The topological polar surface area (TPSA) is 113 Å². The second-order valence-corrected chi connectivity index (χ2v) is 5.51. The zero-order valence-electron chi connectivity index (χ0n) is 13.4. The molecule has 127 valence electrons. The monoisotopic (exact) mass is 321 g/mol. The third-order valence-electron chi connectivity index (χ3n) is 3.53. The van der Waals surface area contributed by atoms with Crippen LogP contribution in [-0.4, -0.2) is 34.7 Å². The Bertz CT molecular complexity index is 502. The van der Waals surface area contributed by atoms with E-state index in [4.69, 9.17) is 5.73 Å². The summed E-state index contributed by atoms with van der Waals surface area (Å²) >= 11 is 0. The Labute approximate surface area is 136 Å². The molecule has 2 atom stereocenters. The van der Waals surface area contributed by atoms with E-state index in [0.29, 0.717) is 13.0 Å². The maximum Gasteiger partial charge on any atom is 0.232 e. The van der Waals surface area contributed by atoms with Gasteiger partial charge in [0.2, 0.25) is 11.8 Å². The molecular weight excluding hydrogens is 296 g/mol. The molecule has 6 nitrogen and oxygen atoms in total. The fourth-order valence-corrected chi connectivity index (χ4v) is 2.11. The molecular formula is C17H25N2O4. The lowest BCUT2D eigenvalue weighted by atomic mass is 9.96. The quantitative estimate of drug-likeness (QED) is 0.379. The molecule has 0 spiro atoms. The van der Waals surface area contributed by atoms with Gasteiger partial charge < -0.3 is 21.3 Å². The minimum Gasteiger partial charge on any atom is -0.508 e. The van der Waals surface area contributed by atoms with Gasteiger partial charge in [0.05, 0.1) is 6.10 Å². The molecule has 23 heavy (non-hydrogen) atoms. The summed E-state index contributed by atoms with van der Waals surface area (Å²) in [6.07, 6.45) is 2.88. The predicted octanol–water partition coefficient (Wildman–Crippen LogP) is 0.908. The van der Waals surface area contributed by atoms with Gasteiger partial charge in [-0.25, -0.2) is 0 Å². The number of rotatable bonds is 10. The predicted molar refractivity (Wildman–Crippen MR) is 87.3 cm³/mol. The Balaban J connectivity index is 2.46. The van der Waals surface area contributed by atoms with Crippen molar-refractivity contribution in [2.24, 2.45) is 11.7 Å². The summed E-state index contributed by atoms with van der Waals surface area (Å²) in [4.78, 5) is 23.4. The number of amides is 2. The molecule has 1 radical (unpaired) electrons. The SMILES string of the molecule is CCCCNC(=O)[C@H](C[C@@H](O)[CH]Cc1ccc(O)cc1)C(N)=O. The summed E-state index contributed by atoms with van der Waals surface area (Å²) in [5.74, 6) is -2.05. The molecule has 6 heteroatoms. The second-order valence-electron chi connectivity index (χ2n) is 5.51. The van der Waals surface area contributed by atoms with Crippen LogP contribution in [0.15, 0.2) is 24.3 Å². The fraction of sp³-hybridized carbons (Fsp3) is 0.471. The van der Waals surface area contributed by atoms with E-state index in [1.54, 1.807) is 30.7 Å². The second kappa shape index (κ2) is 9.84. The zero-order chi connectivity index (χ0) is 17.2. The van der Waals surface area contributed by atoms with Crippen molar-refractivity contribution in [1.82, 2.24) is 5.32 Å². The molecule has 0 aliphatic rings. The Morgan fingerprint density at radius 1 is 1.30 bits per heavy atom. The molecule has 0 aromatic heterocycles. The van der Waals surface area contributed by atoms with Gasteiger partial charge >= 0.3 is 0 Å². The van der Waals surface area contributed by atoms with Gasteiger partial charge in [-0.1, -0.05) is 25.5 Å². The highest BCUT2D eigenvalue weighted by Crippen LogP contribution is 2.14. The summed E-state index contributed by atoms with van der Waals surface area (Å²) in [6, 6.07) is 6.59. The van der Waals surface area contributed by atoms with Crippen LogP contribution >= 0.6 is 0 Å². The van der Waals surface area contributed by atoms with E-state index in [9.17, 15) is 19.8 Å². The smallest absolute Gasteiger partial charge is 0.232 e. The normalized spacial score (nSPS) is 13.3. The first-order valence-corrected chi connectivity index (χ1v) is 7.80. The van der Waals surface area contributed by atoms with Crippen LogP contribution in [0.3, 0.4) is 0 Å². The lowest BCUT2D eigenvalue weighted by molar-refractivity contribution is -0.134. The summed E-state index contributed by atoms with van der Waals surface area (Å²) in [5, 5.41) is 21.9. The molecule has 5 N–H and O–H groups in total. The average Bonchev–Trinajstić information content (AvgIpc) is 2.52. The van der Waals surface area contributed by atoms with E-state index < -0.39 is 23.8 Å². The third-order valence-corrected chi connectivity index (χ3v) is 3.53. The lowest BCUT2D eigenvalue weighted by Crippen LogP contribution is -2.41. The first kappa shape index (κ1) is 19.0. The number of aliphatic hydroxyl groups excluding tert-OH is 1. The van der Waals surface area contributed by atoms with Crippen LogP contribution < -0.4 is 11.1 Å². The Morgan fingerprint density at radius 3 is 2.52 bits per heavy atom. The maximum absolute atomic E-state index is 11.9. The Morgan fingerprint density at radius 2 is 1.96 bits per heavy atom.